The molecular formula is C21H26N2O5S. The predicted octanol–water partition coefficient (Wildman–Crippen LogP) is 3.55. The van der Waals surface area contributed by atoms with E-state index in [-0.39, 0.29) is 18.4 Å². The quantitative estimate of drug-likeness (QED) is 0.580. The van der Waals surface area contributed by atoms with Gasteiger partial charge in [-0.25, -0.2) is 4.98 Å². The number of aromatic nitrogens is 1. The molecule has 1 aromatic heterocycles. The van der Waals surface area contributed by atoms with E-state index in [1.807, 2.05) is 25.1 Å². The van der Waals surface area contributed by atoms with Crippen LogP contribution in [0.1, 0.15) is 35.1 Å². The Balaban J connectivity index is 1.85. The largest absolute Gasteiger partial charge is 0.493 e. The van der Waals surface area contributed by atoms with E-state index in [0.717, 1.165) is 18.4 Å². The Hall–Kier alpha value is -2.61. The average Bonchev–Trinajstić information content (AvgIpc) is 3.45. The molecule has 0 unspecified atom stereocenters. The summed E-state index contributed by atoms with van der Waals surface area (Å²) in [6.07, 6.45) is 2.18. The maximum Gasteiger partial charge on any atom is 0.325 e. The van der Waals surface area contributed by atoms with Gasteiger partial charge in [-0.05, 0) is 50.8 Å². The minimum Gasteiger partial charge on any atom is -0.493 e. The van der Waals surface area contributed by atoms with Crippen LogP contribution in [0.15, 0.2) is 18.2 Å². The van der Waals surface area contributed by atoms with Gasteiger partial charge in [0.2, 0.25) is 0 Å². The maximum atomic E-state index is 13.2. The lowest BCUT2D eigenvalue weighted by Gasteiger charge is -2.21. The molecule has 0 atom stereocenters. The summed E-state index contributed by atoms with van der Waals surface area (Å²) in [5, 5.41) is 0.717. The number of esters is 1. The number of carbonyl (C=O) groups excluding carboxylic acids is 2. The summed E-state index contributed by atoms with van der Waals surface area (Å²) < 4.78 is 15.7. The van der Waals surface area contributed by atoms with Gasteiger partial charge in [-0.15, -0.1) is 11.3 Å². The normalized spacial score (nSPS) is 13.1. The summed E-state index contributed by atoms with van der Waals surface area (Å²) in [6.45, 7) is 4.40. The molecule has 1 saturated carbocycles. The molecule has 7 nitrogen and oxygen atoms in total. The van der Waals surface area contributed by atoms with Gasteiger partial charge in [-0.3, -0.25) is 9.59 Å². The second-order valence-electron chi connectivity index (χ2n) is 6.94. The van der Waals surface area contributed by atoms with Gasteiger partial charge in [-0.1, -0.05) is 0 Å². The second-order valence-corrected chi connectivity index (χ2v) is 7.94. The molecule has 1 heterocycles. The number of amides is 1. The summed E-state index contributed by atoms with van der Waals surface area (Å²) in [7, 11) is 3.16. The first-order valence-corrected chi connectivity index (χ1v) is 10.4. The molecule has 0 bridgehead atoms. The molecule has 1 fully saturated rings. The molecule has 3 rings (SSSR count). The standard InChI is InChI=1S/C21H26N2O5S/c1-5-28-18(24)12-23(11-14-6-7-14)21(25)19-13(2)22-20(29-19)15-8-9-16(26-3)17(10-15)27-4/h8-10,14H,5-7,11-12H2,1-4H3. The van der Waals surface area contributed by atoms with Crippen molar-refractivity contribution in [3.05, 3.63) is 28.8 Å². The summed E-state index contributed by atoms with van der Waals surface area (Å²) in [5.74, 6) is 1.14. The fourth-order valence-corrected chi connectivity index (χ4v) is 4.06. The van der Waals surface area contributed by atoms with E-state index in [1.165, 1.54) is 11.3 Å². The van der Waals surface area contributed by atoms with Gasteiger partial charge in [0.25, 0.3) is 5.91 Å². The van der Waals surface area contributed by atoms with Crippen LogP contribution in [0, 0.1) is 12.8 Å². The van der Waals surface area contributed by atoms with Crippen molar-refractivity contribution in [2.45, 2.75) is 26.7 Å². The molecule has 0 N–H and O–H groups in total. The molecule has 2 aromatic rings. The molecule has 29 heavy (non-hydrogen) atoms. The zero-order valence-electron chi connectivity index (χ0n) is 17.2. The highest BCUT2D eigenvalue weighted by Crippen LogP contribution is 2.36. The number of methoxy groups -OCH3 is 2. The van der Waals surface area contributed by atoms with Gasteiger partial charge in [0.1, 0.15) is 16.4 Å². The molecule has 1 aromatic carbocycles. The monoisotopic (exact) mass is 418 g/mol. The van der Waals surface area contributed by atoms with Gasteiger partial charge in [0.05, 0.1) is 26.5 Å². The van der Waals surface area contributed by atoms with Gasteiger partial charge >= 0.3 is 5.97 Å². The number of aryl methyl sites for hydroxylation is 1. The van der Waals surface area contributed by atoms with E-state index in [2.05, 4.69) is 4.98 Å². The molecule has 156 valence electrons. The lowest BCUT2D eigenvalue weighted by molar-refractivity contribution is -0.143. The Morgan fingerprint density at radius 2 is 1.93 bits per heavy atom. The third kappa shape index (κ3) is 5.06. The smallest absolute Gasteiger partial charge is 0.325 e. The van der Waals surface area contributed by atoms with Crippen molar-refractivity contribution in [2.24, 2.45) is 5.92 Å². The zero-order valence-corrected chi connectivity index (χ0v) is 18.0. The first-order chi connectivity index (χ1) is 14.0. The number of benzene rings is 1. The van der Waals surface area contributed by atoms with Crippen molar-refractivity contribution in [2.75, 3.05) is 33.9 Å². The van der Waals surface area contributed by atoms with Crippen molar-refractivity contribution in [1.82, 2.24) is 9.88 Å². The van der Waals surface area contributed by atoms with Gasteiger partial charge in [0, 0.05) is 12.1 Å². The highest BCUT2D eigenvalue weighted by atomic mass is 32.1. The molecule has 0 saturated heterocycles. The lowest BCUT2D eigenvalue weighted by atomic mass is 10.2. The van der Waals surface area contributed by atoms with Crippen molar-refractivity contribution < 1.29 is 23.8 Å². The van der Waals surface area contributed by atoms with Crippen LogP contribution < -0.4 is 9.47 Å². The minimum absolute atomic E-state index is 0.0355. The Kier molecular flexibility index (Phi) is 6.74. The fraction of sp³-hybridized carbons (Fsp3) is 0.476. The Labute approximate surface area is 174 Å². The van der Waals surface area contributed by atoms with Gasteiger partial charge < -0.3 is 19.1 Å². The number of rotatable bonds is 9. The molecule has 1 aliphatic rings. The zero-order chi connectivity index (χ0) is 21.0. The van der Waals surface area contributed by atoms with Crippen LogP contribution in [0.2, 0.25) is 0 Å². The summed E-state index contributed by atoms with van der Waals surface area (Å²) in [4.78, 5) is 31.9. The minimum atomic E-state index is -0.385. The van der Waals surface area contributed by atoms with E-state index < -0.39 is 0 Å². The van der Waals surface area contributed by atoms with Crippen molar-refractivity contribution in [3.8, 4) is 22.1 Å². The summed E-state index contributed by atoms with van der Waals surface area (Å²) in [5.41, 5.74) is 1.49. The van der Waals surface area contributed by atoms with Crippen LogP contribution in [0.25, 0.3) is 10.6 Å². The van der Waals surface area contributed by atoms with Crippen molar-refractivity contribution in [3.63, 3.8) is 0 Å². The number of hydrogen-bond acceptors (Lipinski definition) is 7. The molecule has 1 amide bonds. The van der Waals surface area contributed by atoms with Crippen LogP contribution in [-0.4, -0.2) is 55.7 Å². The number of carbonyl (C=O) groups is 2. The van der Waals surface area contributed by atoms with Crippen molar-refractivity contribution in [1.29, 1.82) is 0 Å². The van der Waals surface area contributed by atoms with Crippen LogP contribution in [-0.2, 0) is 9.53 Å². The van der Waals surface area contributed by atoms with E-state index in [4.69, 9.17) is 14.2 Å². The third-order valence-electron chi connectivity index (χ3n) is 4.71. The third-order valence-corrected chi connectivity index (χ3v) is 5.90. The van der Waals surface area contributed by atoms with Gasteiger partial charge in [-0.2, -0.15) is 0 Å². The Bertz CT molecular complexity index is 891. The fourth-order valence-electron chi connectivity index (χ4n) is 3.03. The van der Waals surface area contributed by atoms with E-state index >= 15 is 0 Å². The second kappa shape index (κ2) is 9.26. The van der Waals surface area contributed by atoms with E-state index in [1.54, 1.807) is 26.0 Å². The van der Waals surface area contributed by atoms with E-state index in [0.29, 0.717) is 46.1 Å². The topological polar surface area (TPSA) is 78.0 Å². The molecule has 8 heteroatoms. The van der Waals surface area contributed by atoms with E-state index in [9.17, 15) is 9.59 Å². The molecule has 0 spiro atoms. The Morgan fingerprint density at radius 1 is 1.21 bits per heavy atom. The first kappa shape index (κ1) is 21.1. The molecule has 0 aliphatic heterocycles. The number of thiazole rings is 1. The Morgan fingerprint density at radius 3 is 2.55 bits per heavy atom. The highest BCUT2D eigenvalue weighted by Gasteiger charge is 2.30. The van der Waals surface area contributed by atoms with Crippen molar-refractivity contribution >= 4 is 23.2 Å². The summed E-state index contributed by atoms with van der Waals surface area (Å²) >= 11 is 1.32. The van der Waals surface area contributed by atoms with Crippen LogP contribution in [0.5, 0.6) is 11.5 Å². The maximum absolute atomic E-state index is 13.2. The molecular weight excluding hydrogens is 392 g/mol. The van der Waals surface area contributed by atoms with Crippen LogP contribution >= 0.6 is 11.3 Å². The predicted molar refractivity (Wildman–Crippen MR) is 111 cm³/mol. The summed E-state index contributed by atoms with van der Waals surface area (Å²) in [6, 6.07) is 5.53. The highest BCUT2D eigenvalue weighted by molar-refractivity contribution is 7.17. The lowest BCUT2D eigenvalue weighted by Crippen LogP contribution is -2.38. The van der Waals surface area contributed by atoms with Crippen LogP contribution in [0.3, 0.4) is 0 Å². The molecule has 0 radical (unpaired) electrons. The van der Waals surface area contributed by atoms with Gasteiger partial charge in [0.15, 0.2) is 11.5 Å². The number of nitrogens with zero attached hydrogens (tertiary/aromatic N) is 2. The molecule has 1 aliphatic carbocycles. The first-order valence-electron chi connectivity index (χ1n) is 9.61. The number of hydrogen-bond donors (Lipinski definition) is 0. The van der Waals surface area contributed by atoms with Crippen LogP contribution in [0.4, 0.5) is 0 Å². The number of ether oxygens (including phenoxy) is 3. The average molecular weight is 419 g/mol. The SMILES string of the molecule is CCOC(=O)CN(CC1CC1)C(=O)c1sc(-c2ccc(OC)c(OC)c2)nc1C.